The summed E-state index contributed by atoms with van der Waals surface area (Å²) >= 11 is 0. The molecule has 0 heterocycles. The molecular formula is C9H20N2O3S. The summed E-state index contributed by atoms with van der Waals surface area (Å²) in [5.74, 6) is 0.430. The number of nitrogens with one attached hydrogen (secondary N) is 1. The first-order chi connectivity index (χ1) is 7.01. The van der Waals surface area contributed by atoms with Gasteiger partial charge >= 0.3 is 0 Å². The minimum absolute atomic E-state index is 0.102. The van der Waals surface area contributed by atoms with Gasteiger partial charge in [0.1, 0.15) is 0 Å². The molecule has 15 heavy (non-hydrogen) atoms. The lowest BCUT2D eigenvalue weighted by Gasteiger charge is -2.19. The Hall–Kier alpha value is -0.170. The number of rotatable bonds is 7. The Labute approximate surface area is 91.4 Å². The molecule has 2 atom stereocenters. The van der Waals surface area contributed by atoms with Crippen LogP contribution in [-0.4, -0.2) is 40.0 Å². The number of sulfonamides is 1. The number of nitrogens with two attached hydrogens (primary N) is 1. The highest BCUT2D eigenvalue weighted by molar-refractivity contribution is 7.90. The van der Waals surface area contributed by atoms with E-state index >= 15 is 0 Å². The quantitative estimate of drug-likeness (QED) is 0.634. The molecule has 0 spiro atoms. The number of methoxy groups -OCH3 is 1. The van der Waals surface area contributed by atoms with Crippen molar-refractivity contribution >= 4 is 10.0 Å². The Bertz CT molecular complexity index is 288. The second-order valence-electron chi connectivity index (χ2n) is 4.11. The molecule has 1 aliphatic rings. The normalized spacial score (nSPS) is 21.3. The van der Waals surface area contributed by atoms with E-state index in [0.717, 1.165) is 12.8 Å². The van der Waals surface area contributed by atoms with E-state index in [9.17, 15) is 8.42 Å². The van der Waals surface area contributed by atoms with Gasteiger partial charge in [0.15, 0.2) is 0 Å². The summed E-state index contributed by atoms with van der Waals surface area (Å²) in [4.78, 5) is 0. The van der Waals surface area contributed by atoms with Crippen LogP contribution in [0, 0.1) is 5.92 Å². The van der Waals surface area contributed by atoms with Gasteiger partial charge in [-0.25, -0.2) is 13.1 Å². The van der Waals surface area contributed by atoms with E-state index in [2.05, 4.69) is 4.72 Å². The maximum absolute atomic E-state index is 11.8. The van der Waals surface area contributed by atoms with E-state index in [-0.39, 0.29) is 12.6 Å². The van der Waals surface area contributed by atoms with Crippen molar-refractivity contribution in [3.8, 4) is 0 Å². The Morgan fingerprint density at radius 1 is 1.53 bits per heavy atom. The van der Waals surface area contributed by atoms with Crippen molar-refractivity contribution in [3.63, 3.8) is 0 Å². The van der Waals surface area contributed by atoms with Crippen LogP contribution in [0.3, 0.4) is 0 Å². The summed E-state index contributed by atoms with van der Waals surface area (Å²) < 4.78 is 31.0. The summed E-state index contributed by atoms with van der Waals surface area (Å²) in [5, 5.41) is -0.532. The standard InChI is InChI=1S/C9H20N2O3S/c1-7(6-14-2)15(12,13)11-9(5-10)8-3-4-8/h7-9,11H,3-6,10H2,1-2H3/t7-,9+/m0/s1. The fraction of sp³-hybridized carbons (Fsp3) is 1.00. The zero-order valence-corrected chi connectivity index (χ0v) is 10.1. The Morgan fingerprint density at radius 3 is 2.53 bits per heavy atom. The molecule has 0 bridgehead atoms. The topological polar surface area (TPSA) is 81.4 Å². The van der Waals surface area contributed by atoms with Gasteiger partial charge in [0.25, 0.3) is 0 Å². The van der Waals surface area contributed by atoms with E-state index in [4.69, 9.17) is 10.5 Å². The zero-order chi connectivity index (χ0) is 11.5. The van der Waals surface area contributed by atoms with Crippen molar-refractivity contribution in [3.05, 3.63) is 0 Å². The van der Waals surface area contributed by atoms with Gasteiger partial charge in [-0.1, -0.05) is 0 Å². The average Bonchev–Trinajstić information content (AvgIpc) is 2.98. The van der Waals surface area contributed by atoms with E-state index in [0.29, 0.717) is 12.5 Å². The molecule has 0 unspecified atom stereocenters. The van der Waals surface area contributed by atoms with E-state index < -0.39 is 15.3 Å². The molecule has 1 aliphatic carbocycles. The molecule has 0 aromatic rings. The number of hydrogen-bond acceptors (Lipinski definition) is 4. The van der Waals surface area contributed by atoms with Crippen LogP contribution in [-0.2, 0) is 14.8 Å². The van der Waals surface area contributed by atoms with Crippen molar-refractivity contribution in [2.24, 2.45) is 11.7 Å². The van der Waals surface area contributed by atoms with Crippen LogP contribution in [0.15, 0.2) is 0 Å². The highest BCUT2D eigenvalue weighted by Crippen LogP contribution is 2.32. The first-order valence-electron chi connectivity index (χ1n) is 5.21. The third-order valence-corrected chi connectivity index (χ3v) is 4.52. The lowest BCUT2D eigenvalue weighted by Crippen LogP contribution is -2.46. The first-order valence-corrected chi connectivity index (χ1v) is 6.76. The van der Waals surface area contributed by atoms with Crippen molar-refractivity contribution < 1.29 is 13.2 Å². The summed E-state index contributed by atoms with van der Waals surface area (Å²) in [5.41, 5.74) is 5.54. The maximum Gasteiger partial charge on any atom is 0.216 e. The Kier molecular flexibility index (Phi) is 4.51. The SMILES string of the molecule is COC[C@H](C)S(=O)(=O)N[C@H](CN)C1CC1. The lowest BCUT2D eigenvalue weighted by molar-refractivity contribution is 0.200. The van der Waals surface area contributed by atoms with Gasteiger partial charge < -0.3 is 10.5 Å². The fourth-order valence-corrected chi connectivity index (χ4v) is 2.75. The predicted molar refractivity (Wildman–Crippen MR) is 59.0 cm³/mol. The molecule has 5 nitrogen and oxygen atoms in total. The number of ether oxygens (including phenoxy) is 1. The predicted octanol–water partition coefficient (Wildman–Crippen LogP) is -0.322. The maximum atomic E-state index is 11.8. The van der Waals surface area contributed by atoms with E-state index in [1.165, 1.54) is 7.11 Å². The number of hydrogen-bond donors (Lipinski definition) is 2. The summed E-state index contributed by atoms with van der Waals surface area (Å²) in [7, 11) is -1.80. The van der Waals surface area contributed by atoms with Gasteiger partial charge in [0.05, 0.1) is 11.9 Å². The van der Waals surface area contributed by atoms with Gasteiger partial charge in [0, 0.05) is 19.7 Å². The van der Waals surface area contributed by atoms with Crippen LogP contribution in [0.2, 0.25) is 0 Å². The zero-order valence-electron chi connectivity index (χ0n) is 9.27. The third-order valence-electron chi connectivity index (χ3n) is 2.69. The van der Waals surface area contributed by atoms with Crippen molar-refractivity contribution in [1.29, 1.82) is 0 Å². The lowest BCUT2D eigenvalue weighted by atomic mass is 10.2. The van der Waals surface area contributed by atoms with Crippen molar-refractivity contribution in [2.45, 2.75) is 31.1 Å². The van der Waals surface area contributed by atoms with Gasteiger partial charge in [-0.05, 0) is 25.7 Å². The third kappa shape index (κ3) is 3.71. The van der Waals surface area contributed by atoms with Gasteiger partial charge in [-0.2, -0.15) is 0 Å². The summed E-state index contributed by atoms with van der Waals surface area (Å²) in [6, 6.07) is -0.102. The second-order valence-corrected chi connectivity index (χ2v) is 6.24. The van der Waals surface area contributed by atoms with Crippen molar-refractivity contribution in [2.75, 3.05) is 20.3 Å². The second kappa shape index (κ2) is 5.25. The van der Waals surface area contributed by atoms with Crippen LogP contribution >= 0.6 is 0 Å². The molecule has 0 saturated heterocycles. The minimum atomic E-state index is -3.29. The van der Waals surface area contributed by atoms with Crippen LogP contribution in [0.25, 0.3) is 0 Å². The molecule has 0 aromatic heterocycles. The molecular weight excluding hydrogens is 216 g/mol. The molecule has 6 heteroatoms. The Morgan fingerprint density at radius 2 is 2.13 bits per heavy atom. The first kappa shape index (κ1) is 12.9. The molecule has 0 radical (unpaired) electrons. The van der Waals surface area contributed by atoms with Crippen LogP contribution in [0.5, 0.6) is 0 Å². The van der Waals surface area contributed by atoms with Crippen molar-refractivity contribution in [1.82, 2.24) is 4.72 Å². The fourth-order valence-electron chi connectivity index (χ4n) is 1.49. The van der Waals surface area contributed by atoms with Gasteiger partial charge in [0.2, 0.25) is 10.0 Å². The smallest absolute Gasteiger partial charge is 0.216 e. The van der Waals surface area contributed by atoms with Crippen LogP contribution in [0.1, 0.15) is 19.8 Å². The molecule has 90 valence electrons. The van der Waals surface area contributed by atoms with E-state index in [1.54, 1.807) is 6.92 Å². The van der Waals surface area contributed by atoms with Gasteiger partial charge in [-0.3, -0.25) is 0 Å². The molecule has 3 N–H and O–H groups in total. The monoisotopic (exact) mass is 236 g/mol. The largest absolute Gasteiger partial charge is 0.383 e. The van der Waals surface area contributed by atoms with E-state index in [1.807, 2.05) is 0 Å². The van der Waals surface area contributed by atoms with Gasteiger partial charge in [-0.15, -0.1) is 0 Å². The van der Waals surface area contributed by atoms with Crippen LogP contribution in [0.4, 0.5) is 0 Å². The average molecular weight is 236 g/mol. The minimum Gasteiger partial charge on any atom is -0.383 e. The highest BCUT2D eigenvalue weighted by atomic mass is 32.2. The molecule has 1 saturated carbocycles. The molecule has 0 aliphatic heterocycles. The molecule has 0 amide bonds. The summed E-state index contributed by atoms with van der Waals surface area (Å²) in [6.07, 6.45) is 2.14. The highest BCUT2D eigenvalue weighted by Gasteiger charge is 2.34. The van der Waals surface area contributed by atoms with Crippen LogP contribution < -0.4 is 10.5 Å². The molecule has 0 aromatic carbocycles. The summed E-state index contributed by atoms with van der Waals surface area (Å²) in [6.45, 7) is 2.20. The molecule has 1 fully saturated rings. The molecule has 1 rings (SSSR count). The Balaban J connectivity index is 2.53.